The van der Waals surface area contributed by atoms with Crippen LogP contribution in [-0.4, -0.2) is 76.3 Å². The van der Waals surface area contributed by atoms with Gasteiger partial charge in [-0.1, -0.05) is 6.42 Å². The largest absolute Gasteiger partial charge is 0.482 e. The fourth-order valence-electron chi connectivity index (χ4n) is 4.31. The summed E-state index contributed by atoms with van der Waals surface area (Å²) in [5.41, 5.74) is 1.49. The number of fused-ring (bicyclic) bond motifs is 1. The molecule has 1 fully saturated rings. The Morgan fingerprint density at radius 3 is 2.46 bits per heavy atom. The van der Waals surface area contributed by atoms with Crippen LogP contribution >= 0.6 is 0 Å². The summed E-state index contributed by atoms with van der Waals surface area (Å²) in [6.07, 6.45) is 3.58. The second-order valence-electron chi connectivity index (χ2n) is 9.12. The minimum Gasteiger partial charge on any atom is -0.482 e. The van der Waals surface area contributed by atoms with E-state index in [4.69, 9.17) is 4.74 Å². The van der Waals surface area contributed by atoms with E-state index in [1.165, 1.54) is 28.6 Å². The zero-order valence-electron chi connectivity index (χ0n) is 20.2. The zero-order chi connectivity index (χ0) is 25.0. The SMILES string of the molecule is CN(C)CCCN1C(=O)COc2ccc(NC(=O)c3ccc(S(=O)(=O)N4CCCCC4)cc3)cc21. The minimum absolute atomic E-state index is 0.00659. The van der Waals surface area contributed by atoms with Crippen LogP contribution < -0.4 is 15.0 Å². The molecule has 0 aliphatic carbocycles. The smallest absolute Gasteiger partial charge is 0.265 e. The molecule has 188 valence electrons. The Morgan fingerprint density at radius 2 is 1.77 bits per heavy atom. The molecule has 2 aliphatic rings. The molecule has 1 saturated heterocycles. The third-order valence-corrected chi connectivity index (χ3v) is 8.13. The van der Waals surface area contributed by atoms with Gasteiger partial charge in [0.25, 0.3) is 11.8 Å². The van der Waals surface area contributed by atoms with E-state index in [-0.39, 0.29) is 23.3 Å². The van der Waals surface area contributed by atoms with Gasteiger partial charge >= 0.3 is 0 Å². The lowest BCUT2D eigenvalue weighted by Gasteiger charge is -2.30. The first kappa shape index (κ1) is 25.2. The molecule has 0 saturated carbocycles. The molecule has 0 aromatic heterocycles. The van der Waals surface area contributed by atoms with Crippen molar-refractivity contribution in [2.24, 2.45) is 0 Å². The maximum absolute atomic E-state index is 12.8. The van der Waals surface area contributed by atoms with E-state index in [1.807, 2.05) is 14.1 Å². The predicted molar refractivity (Wildman–Crippen MR) is 134 cm³/mol. The van der Waals surface area contributed by atoms with Gasteiger partial charge in [-0.25, -0.2) is 8.42 Å². The van der Waals surface area contributed by atoms with Gasteiger partial charge in [0.15, 0.2) is 6.61 Å². The first-order valence-electron chi connectivity index (χ1n) is 11.9. The maximum atomic E-state index is 12.8. The van der Waals surface area contributed by atoms with Crippen molar-refractivity contribution < 1.29 is 22.7 Å². The van der Waals surface area contributed by atoms with Gasteiger partial charge in [0, 0.05) is 30.9 Å². The monoisotopic (exact) mass is 500 g/mol. The summed E-state index contributed by atoms with van der Waals surface area (Å²) in [6.45, 7) is 2.45. The molecule has 1 N–H and O–H groups in total. The van der Waals surface area contributed by atoms with Crippen LogP contribution in [0.15, 0.2) is 47.4 Å². The number of carbonyl (C=O) groups is 2. The third kappa shape index (κ3) is 5.83. The normalized spacial score (nSPS) is 16.7. The van der Waals surface area contributed by atoms with Gasteiger partial charge in [-0.15, -0.1) is 0 Å². The summed E-state index contributed by atoms with van der Waals surface area (Å²) >= 11 is 0. The molecule has 0 spiro atoms. The molecular formula is C25H32N4O5S. The highest BCUT2D eigenvalue weighted by Crippen LogP contribution is 2.35. The van der Waals surface area contributed by atoms with Crippen molar-refractivity contribution in [3.8, 4) is 5.75 Å². The zero-order valence-corrected chi connectivity index (χ0v) is 21.0. The molecule has 2 heterocycles. The molecule has 35 heavy (non-hydrogen) atoms. The molecule has 0 bridgehead atoms. The fourth-order valence-corrected chi connectivity index (χ4v) is 5.82. The highest BCUT2D eigenvalue weighted by Gasteiger charge is 2.27. The predicted octanol–water partition coefficient (Wildman–Crippen LogP) is 2.79. The van der Waals surface area contributed by atoms with Crippen molar-refractivity contribution in [2.75, 3.05) is 57.1 Å². The molecule has 9 nitrogen and oxygen atoms in total. The van der Waals surface area contributed by atoms with E-state index >= 15 is 0 Å². The lowest BCUT2D eigenvalue weighted by atomic mass is 10.1. The average Bonchev–Trinajstić information content (AvgIpc) is 2.86. The molecule has 2 aromatic rings. The quantitative estimate of drug-likeness (QED) is 0.599. The lowest BCUT2D eigenvalue weighted by molar-refractivity contribution is -0.121. The van der Waals surface area contributed by atoms with Gasteiger partial charge < -0.3 is 19.9 Å². The van der Waals surface area contributed by atoms with Gasteiger partial charge in [0.05, 0.1) is 10.6 Å². The number of hydrogen-bond acceptors (Lipinski definition) is 6. The van der Waals surface area contributed by atoms with Gasteiger partial charge in [-0.05, 0) is 82.4 Å². The van der Waals surface area contributed by atoms with Crippen LogP contribution in [0, 0.1) is 0 Å². The van der Waals surface area contributed by atoms with Crippen molar-refractivity contribution in [1.29, 1.82) is 0 Å². The Kier molecular flexibility index (Phi) is 7.73. The summed E-state index contributed by atoms with van der Waals surface area (Å²) in [6, 6.07) is 11.2. The number of piperidine rings is 1. The van der Waals surface area contributed by atoms with Gasteiger partial charge in [0.2, 0.25) is 10.0 Å². The summed E-state index contributed by atoms with van der Waals surface area (Å²) in [4.78, 5) is 29.3. The molecule has 0 radical (unpaired) electrons. The Balaban J connectivity index is 1.46. The number of anilines is 2. The van der Waals surface area contributed by atoms with Crippen molar-refractivity contribution >= 4 is 33.2 Å². The molecule has 10 heteroatoms. The topological polar surface area (TPSA) is 99.3 Å². The molecule has 4 rings (SSSR count). The number of amides is 2. The van der Waals surface area contributed by atoms with Gasteiger partial charge in [-0.3, -0.25) is 9.59 Å². The number of rotatable bonds is 8. The Labute approximate surface area is 206 Å². The summed E-state index contributed by atoms with van der Waals surface area (Å²) in [7, 11) is 0.418. The minimum atomic E-state index is -3.55. The van der Waals surface area contributed by atoms with Crippen LogP contribution in [0.2, 0.25) is 0 Å². The van der Waals surface area contributed by atoms with E-state index in [2.05, 4.69) is 10.2 Å². The number of nitrogens with one attached hydrogen (secondary N) is 1. The highest BCUT2D eigenvalue weighted by atomic mass is 32.2. The van der Waals surface area contributed by atoms with Crippen molar-refractivity contribution in [2.45, 2.75) is 30.6 Å². The molecule has 0 unspecified atom stereocenters. The number of sulfonamides is 1. The summed E-state index contributed by atoms with van der Waals surface area (Å²) < 4.78 is 32.8. The molecule has 2 aromatic carbocycles. The fraction of sp³-hybridized carbons (Fsp3) is 0.440. The number of nitrogens with zero attached hydrogens (tertiary/aromatic N) is 3. The second-order valence-corrected chi connectivity index (χ2v) is 11.1. The number of ether oxygens (including phenoxy) is 1. The van der Waals surface area contributed by atoms with Crippen LogP contribution in [0.25, 0.3) is 0 Å². The Bertz CT molecular complexity index is 1170. The Hall–Kier alpha value is -2.95. The van der Waals surface area contributed by atoms with E-state index in [1.54, 1.807) is 23.1 Å². The van der Waals surface area contributed by atoms with Crippen LogP contribution in [0.3, 0.4) is 0 Å². The van der Waals surface area contributed by atoms with E-state index < -0.39 is 10.0 Å². The molecular weight excluding hydrogens is 468 g/mol. The third-order valence-electron chi connectivity index (χ3n) is 6.22. The van der Waals surface area contributed by atoms with Crippen molar-refractivity contribution in [3.05, 3.63) is 48.0 Å². The number of hydrogen-bond donors (Lipinski definition) is 1. The summed E-state index contributed by atoms with van der Waals surface area (Å²) in [5, 5.41) is 2.84. The van der Waals surface area contributed by atoms with Crippen LogP contribution in [0.4, 0.5) is 11.4 Å². The van der Waals surface area contributed by atoms with Crippen LogP contribution in [0.5, 0.6) is 5.75 Å². The van der Waals surface area contributed by atoms with E-state index in [0.29, 0.717) is 42.3 Å². The first-order chi connectivity index (χ1) is 16.8. The number of benzene rings is 2. The van der Waals surface area contributed by atoms with Crippen molar-refractivity contribution in [1.82, 2.24) is 9.21 Å². The number of carbonyl (C=O) groups excluding carboxylic acids is 2. The lowest BCUT2D eigenvalue weighted by Crippen LogP contribution is -2.40. The van der Waals surface area contributed by atoms with Crippen molar-refractivity contribution in [3.63, 3.8) is 0 Å². The highest BCUT2D eigenvalue weighted by molar-refractivity contribution is 7.89. The molecule has 2 amide bonds. The summed E-state index contributed by atoms with van der Waals surface area (Å²) in [5.74, 6) is 0.110. The first-order valence-corrected chi connectivity index (χ1v) is 13.3. The molecule has 2 aliphatic heterocycles. The maximum Gasteiger partial charge on any atom is 0.265 e. The van der Waals surface area contributed by atoms with Gasteiger partial charge in [-0.2, -0.15) is 4.31 Å². The Morgan fingerprint density at radius 1 is 1.06 bits per heavy atom. The second kappa shape index (κ2) is 10.8. The van der Waals surface area contributed by atoms with E-state index in [0.717, 1.165) is 32.2 Å². The standard InChI is InChI=1S/C25H32N4O5S/c1-27(2)13-6-16-29-22-17-20(9-12-23(22)34-18-24(29)30)26-25(31)19-7-10-21(11-8-19)35(32,33)28-14-4-3-5-15-28/h7-12,17H,3-6,13-16,18H2,1-2H3,(H,26,31). The van der Waals surface area contributed by atoms with Gasteiger partial charge in [0.1, 0.15) is 5.75 Å². The van der Waals surface area contributed by atoms with Crippen LogP contribution in [0.1, 0.15) is 36.0 Å². The molecule has 0 atom stereocenters. The average molecular weight is 501 g/mol. The van der Waals surface area contributed by atoms with E-state index in [9.17, 15) is 18.0 Å². The van der Waals surface area contributed by atoms with Crippen LogP contribution in [-0.2, 0) is 14.8 Å².